The second kappa shape index (κ2) is 7.80. The molecule has 1 saturated heterocycles. The first kappa shape index (κ1) is 16.3. The second-order valence-corrected chi connectivity index (χ2v) is 6.45. The van der Waals surface area contributed by atoms with Crippen molar-refractivity contribution in [2.45, 2.75) is 38.3 Å². The van der Waals surface area contributed by atoms with Crippen molar-refractivity contribution in [1.29, 1.82) is 0 Å². The van der Waals surface area contributed by atoms with E-state index in [1.807, 2.05) is 25.2 Å². The number of ether oxygens (including phenoxy) is 1. The lowest BCUT2D eigenvalue weighted by atomic mass is 10.1. The van der Waals surface area contributed by atoms with Gasteiger partial charge < -0.3 is 15.0 Å². The van der Waals surface area contributed by atoms with Crippen LogP contribution in [0.3, 0.4) is 0 Å². The topological polar surface area (TPSA) is 41.6 Å². The van der Waals surface area contributed by atoms with Crippen LogP contribution in [0.25, 0.3) is 0 Å². The number of hydrogen-bond acceptors (Lipinski definition) is 3. The molecule has 1 atom stereocenters. The molecule has 0 radical (unpaired) electrons. The highest BCUT2D eigenvalue weighted by atomic mass is 79.9. The van der Waals surface area contributed by atoms with Gasteiger partial charge in [-0.1, -0.05) is 15.9 Å². The Morgan fingerprint density at radius 1 is 1.52 bits per heavy atom. The number of carbonyl (C=O) groups is 1. The van der Waals surface area contributed by atoms with Crippen LogP contribution < -0.4 is 10.1 Å². The lowest BCUT2D eigenvalue weighted by molar-refractivity contribution is -0.130. The third-order valence-electron chi connectivity index (χ3n) is 3.94. The summed E-state index contributed by atoms with van der Waals surface area (Å²) in [5, 5.41) is 3.43. The smallest absolute Gasteiger partial charge is 0.222 e. The van der Waals surface area contributed by atoms with Gasteiger partial charge in [-0.2, -0.15) is 0 Å². The van der Waals surface area contributed by atoms with Crippen molar-refractivity contribution >= 4 is 21.8 Å². The minimum absolute atomic E-state index is 0.186. The Hall–Kier alpha value is -1.07. The van der Waals surface area contributed by atoms with Gasteiger partial charge in [-0.05, 0) is 44.0 Å². The Kier molecular flexibility index (Phi) is 6.06. The number of benzene rings is 1. The molecule has 5 heteroatoms. The quantitative estimate of drug-likeness (QED) is 0.853. The van der Waals surface area contributed by atoms with E-state index in [-0.39, 0.29) is 5.91 Å². The van der Waals surface area contributed by atoms with Gasteiger partial charge in [-0.15, -0.1) is 0 Å². The van der Waals surface area contributed by atoms with Gasteiger partial charge in [-0.3, -0.25) is 4.79 Å². The molecule has 1 heterocycles. The Labute approximate surface area is 135 Å². The van der Waals surface area contributed by atoms with Gasteiger partial charge in [0, 0.05) is 36.1 Å². The molecule has 1 N–H and O–H groups in total. The molecule has 1 aliphatic rings. The van der Waals surface area contributed by atoms with Crippen molar-refractivity contribution in [1.82, 2.24) is 10.2 Å². The number of amides is 1. The Bertz CT molecular complexity index is 487. The highest BCUT2D eigenvalue weighted by Gasteiger charge is 2.17. The lowest BCUT2D eigenvalue weighted by Crippen LogP contribution is -2.29. The molecular formula is C16H23BrN2O2. The van der Waals surface area contributed by atoms with Crippen molar-refractivity contribution < 1.29 is 9.53 Å². The lowest BCUT2D eigenvalue weighted by Gasteiger charge is -2.20. The first-order chi connectivity index (χ1) is 10.1. The van der Waals surface area contributed by atoms with E-state index in [0.29, 0.717) is 19.0 Å². The summed E-state index contributed by atoms with van der Waals surface area (Å²) in [6.45, 7) is 1.66. The van der Waals surface area contributed by atoms with Crippen LogP contribution in [0.2, 0.25) is 0 Å². The summed E-state index contributed by atoms with van der Waals surface area (Å²) in [7, 11) is 3.51. The standard InChI is InChI=1S/C16H23BrN2O2/c1-19(16(20)8-6-14-4-3-9-18-14)11-12-10-13(17)5-7-15(12)21-2/h5,7,10,14,18H,3-4,6,8-9,11H2,1-2H3. The van der Waals surface area contributed by atoms with Crippen LogP contribution in [0, 0.1) is 0 Å². The molecule has 1 unspecified atom stereocenters. The van der Waals surface area contributed by atoms with E-state index in [4.69, 9.17) is 4.74 Å². The van der Waals surface area contributed by atoms with Crippen LogP contribution in [0.1, 0.15) is 31.2 Å². The molecule has 0 bridgehead atoms. The summed E-state index contributed by atoms with van der Waals surface area (Å²) in [5.74, 6) is 1.00. The van der Waals surface area contributed by atoms with Crippen molar-refractivity contribution in [2.75, 3.05) is 20.7 Å². The zero-order chi connectivity index (χ0) is 15.2. The average molecular weight is 355 g/mol. The molecule has 1 amide bonds. The molecule has 1 aromatic carbocycles. The Morgan fingerprint density at radius 3 is 3.00 bits per heavy atom. The fraction of sp³-hybridized carbons (Fsp3) is 0.562. The van der Waals surface area contributed by atoms with Crippen molar-refractivity contribution in [3.05, 3.63) is 28.2 Å². The predicted molar refractivity (Wildman–Crippen MR) is 87.4 cm³/mol. The molecule has 0 aliphatic carbocycles. The highest BCUT2D eigenvalue weighted by molar-refractivity contribution is 9.10. The summed E-state index contributed by atoms with van der Waals surface area (Å²) in [4.78, 5) is 14.0. The summed E-state index contributed by atoms with van der Waals surface area (Å²) >= 11 is 3.46. The van der Waals surface area contributed by atoms with Crippen molar-refractivity contribution in [3.63, 3.8) is 0 Å². The molecule has 2 rings (SSSR count). The van der Waals surface area contributed by atoms with Gasteiger partial charge in [-0.25, -0.2) is 0 Å². The molecule has 1 fully saturated rings. The largest absolute Gasteiger partial charge is 0.496 e. The van der Waals surface area contributed by atoms with E-state index in [9.17, 15) is 4.79 Å². The van der Waals surface area contributed by atoms with E-state index < -0.39 is 0 Å². The van der Waals surface area contributed by atoms with Gasteiger partial charge in [0.2, 0.25) is 5.91 Å². The minimum atomic E-state index is 0.186. The monoisotopic (exact) mass is 354 g/mol. The third kappa shape index (κ3) is 4.71. The van der Waals surface area contributed by atoms with Gasteiger partial charge in [0.15, 0.2) is 0 Å². The van der Waals surface area contributed by atoms with Crippen LogP contribution in [-0.2, 0) is 11.3 Å². The number of nitrogens with zero attached hydrogens (tertiary/aromatic N) is 1. The molecule has 1 aromatic rings. The van der Waals surface area contributed by atoms with Crippen LogP contribution in [0.15, 0.2) is 22.7 Å². The number of rotatable bonds is 6. The second-order valence-electron chi connectivity index (χ2n) is 5.54. The van der Waals surface area contributed by atoms with Gasteiger partial charge in [0.05, 0.1) is 7.11 Å². The maximum atomic E-state index is 12.2. The minimum Gasteiger partial charge on any atom is -0.496 e. The fourth-order valence-electron chi connectivity index (χ4n) is 2.71. The molecular weight excluding hydrogens is 332 g/mol. The maximum Gasteiger partial charge on any atom is 0.222 e. The van der Waals surface area contributed by atoms with E-state index in [2.05, 4.69) is 21.2 Å². The molecule has 4 nitrogen and oxygen atoms in total. The van der Waals surface area contributed by atoms with Crippen LogP contribution in [-0.4, -0.2) is 37.6 Å². The van der Waals surface area contributed by atoms with E-state index >= 15 is 0 Å². The number of nitrogens with one attached hydrogen (secondary N) is 1. The number of hydrogen-bond donors (Lipinski definition) is 1. The Balaban J connectivity index is 1.89. The summed E-state index contributed by atoms with van der Waals surface area (Å²) < 4.78 is 6.35. The zero-order valence-corrected chi connectivity index (χ0v) is 14.3. The van der Waals surface area contributed by atoms with Crippen LogP contribution in [0.5, 0.6) is 5.75 Å². The van der Waals surface area contributed by atoms with E-state index in [0.717, 1.165) is 28.8 Å². The normalized spacial score (nSPS) is 17.8. The third-order valence-corrected chi connectivity index (χ3v) is 4.44. The summed E-state index contributed by atoms with van der Waals surface area (Å²) in [5.41, 5.74) is 1.02. The first-order valence-corrected chi connectivity index (χ1v) is 8.19. The molecule has 0 saturated carbocycles. The fourth-order valence-corrected chi connectivity index (χ4v) is 3.11. The highest BCUT2D eigenvalue weighted by Crippen LogP contribution is 2.24. The average Bonchev–Trinajstić information content (AvgIpc) is 2.98. The summed E-state index contributed by atoms with van der Waals surface area (Å²) in [6.07, 6.45) is 3.95. The van der Waals surface area contributed by atoms with E-state index in [1.165, 1.54) is 12.8 Å². The Morgan fingerprint density at radius 2 is 2.33 bits per heavy atom. The van der Waals surface area contributed by atoms with Gasteiger partial charge in [0.1, 0.15) is 5.75 Å². The van der Waals surface area contributed by atoms with Gasteiger partial charge in [0.25, 0.3) is 0 Å². The first-order valence-electron chi connectivity index (χ1n) is 7.40. The molecule has 0 spiro atoms. The number of carbonyl (C=O) groups excluding carboxylic acids is 1. The SMILES string of the molecule is COc1ccc(Br)cc1CN(C)C(=O)CCC1CCCN1. The van der Waals surface area contributed by atoms with Crippen molar-refractivity contribution in [2.24, 2.45) is 0 Å². The number of halogens is 1. The van der Waals surface area contributed by atoms with E-state index in [1.54, 1.807) is 12.0 Å². The predicted octanol–water partition coefficient (Wildman–Crippen LogP) is 2.95. The van der Waals surface area contributed by atoms with Crippen LogP contribution in [0.4, 0.5) is 0 Å². The molecule has 21 heavy (non-hydrogen) atoms. The maximum absolute atomic E-state index is 12.2. The van der Waals surface area contributed by atoms with Crippen molar-refractivity contribution in [3.8, 4) is 5.75 Å². The summed E-state index contributed by atoms with van der Waals surface area (Å²) in [6, 6.07) is 6.37. The zero-order valence-electron chi connectivity index (χ0n) is 12.7. The van der Waals surface area contributed by atoms with Crippen LogP contribution >= 0.6 is 15.9 Å². The number of methoxy groups -OCH3 is 1. The molecule has 116 valence electrons. The molecule has 0 aromatic heterocycles. The van der Waals surface area contributed by atoms with Gasteiger partial charge >= 0.3 is 0 Å². The molecule has 1 aliphatic heterocycles.